The molecule has 4 N–H and O–H groups in total. The Kier molecular flexibility index (Phi) is 31.7. The van der Waals surface area contributed by atoms with E-state index >= 15 is 9.59 Å². The molecule has 0 aromatic rings. The number of rotatable bonds is 15. The fraction of sp³-hybridized carbons (Fsp3) is 0.778. The SMILES string of the molecule is C/C=C/C[C@@H](C)C[C@H]1C(=O)N[C@@H](CC)C(=O)N(C)[C@H](C)C(=O)N(C)[C@@H]([C@H](C)CC#N)C(=O)NC(C(C)C)C(=O)N(C)[C@@H](CC(C)C)C(=O)N[C@@H](C)C(=O)N[C@H](C)C(=O)N(C)[C@@H](CC(C)C)C(=O)N(C)[C@@H](CC(C)C)C(=O)N(C)C(C(C)C)C(=O)N1C. The first-order chi connectivity index (χ1) is 39.8. The van der Waals surface area contributed by atoms with Crippen molar-refractivity contribution < 1.29 is 52.7 Å². The van der Waals surface area contributed by atoms with E-state index in [2.05, 4.69) is 27.3 Å². The van der Waals surface area contributed by atoms with Crippen molar-refractivity contribution in [2.24, 2.45) is 41.4 Å². The van der Waals surface area contributed by atoms with Gasteiger partial charge in [-0.05, 0) is 108 Å². The van der Waals surface area contributed by atoms with Crippen molar-refractivity contribution in [3.63, 3.8) is 0 Å². The molecule has 0 spiro atoms. The monoisotopic (exact) mass is 1210 g/mol. The topological polar surface area (TPSA) is 282 Å². The molecule has 1 saturated heterocycles. The summed E-state index contributed by atoms with van der Waals surface area (Å²) in [6.07, 6.45) is 4.89. The van der Waals surface area contributed by atoms with Gasteiger partial charge in [-0.3, -0.25) is 52.7 Å². The number of nitrogens with zero attached hydrogens (tertiary/aromatic N) is 8. The molecule has 1 heterocycles. The highest BCUT2D eigenvalue weighted by Gasteiger charge is 2.45. The van der Waals surface area contributed by atoms with Crippen molar-refractivity contribution in [1.29, 1.82) is 5.26 Å². The zero-order chi connectivity index (χ0) is 66.7. The Bertz CT molecular complexity index is 2420. The lowest BCUT2D eigenvalue weighted by Crippen LogP contribution is -2.62. The Morgan fingerprint density at radius 2 is 0.884 bits per heavy atom. The van der Waals surface area contributed by atoms with Gasteiger partial charge in [0.2, 0.25) is 65.0 Å². The average Bonchev–Trinajstić information content (AvgIpc) is 1.38. The lowest BCUT2D eigenvalue weighted by atomic mass is 9.93. The highest BCUT2D eigenvalue weighted by Crippen LogP contribution is 2.26. The third-order valence-corrected chi connectivity index (χ3v) is 16.6. The first-order valence-electron chi connectivity index (χ1n) is 30.8. The van der Waals surface area contributed by atoms with Gasteiger partial charge in [0, 0.05) is 55.8 Å². The maximum absolute atomic E-state index is 15.1. The van der Waals surface area contributed by atoms with Crippen molar-refractivity contribution in [1.82, 2.24) is 55.6 Å². The number of hydrogen-bond acceptors (Lipinski definition) is 12. The van der Waals surface area contributed by atoms with E-state index in [0.717, 1.165) is 9.80 Å². The van der Waals surface area contributed by atoms with Crippen LogP contribution in [-0.4, -0.2) is 215 Å². The third kappa shape index (κ3) is 21.1. The number of amides is 11. The first kappa shape index (κ1) is 77.4. The van der Waals surface area contributed by atoms with Gasteiger partial charge >= 0.3 is 0 Å². The van der Waals surface area contributed by atoms with Gasteiger partial charge in [0.15, 0.2) is 0 Å². The van der Waals surface area contributed by atoms with Gasteiger partial charge < -0.3 is 55.6 Å². The van der Waals surface area contributed by atoms with Crippen LogP contribution in [0, 0.1) is 52.8 Å². The molecule has 1 aliphatic rings. The van der Waals surface area contributed by atoms with E-state index in [1.807, 2.05) is 67.5 Å². The quantitative estimate of drug-likeness (QED) is 0.168. The van der Waals surface area contributed by atoms with Crippen LogP contribution in [0.15, 0.2) is 12.2 Å². The lowest BCUT2D eigenvalue weighted by molar-refractivity contribution is -0.156. The summed E-state index contributed by atoms with van der Waals surface area (Å²) >= 11 is 0. The molecule has 1 fully saturated rings. The summed E-state index contributed by atoms with van der Waals surface area (Å²) in [5.41, 5.74) is 0. The minimum absolute atomic E-state index is 0.0670. The molecular weight excluding hydrogens is 1100 g/mol. The van der Waals surface area contributed by atoms with Crippen LogP contribution < -0.4 is 21.3 Å². The second kappa shape index (κ2) is 35.3. The van der Waals surface area contributed by atoms with Crippen molar-refractivity contribution in [3.8, 4) is 6.07 Å². The smallest absolute Gasteiger partial charge is 0.246 e. The molecule has 0 aromatic carbocycles. The van der Waals surface area contributed by atoms with E-state index in [0.29, 0.717) is 6.42 Å². The zero-order valence-electron chi connectivity index (χ0n) is 56.6. The molecule has 1 rings (SSSR count). The van der Waals surface area contributed by atoms with Crippen molar-refractivity contribution in [3.05, 3.63) is 12.2 Å². The summed E-state index contributed by atoms with van der Waals surface area (Å²) in [5.74, 6) is -9.67. The van der Waals surface area contributed by atoms with Gasteiger partial charge in [0.1, 0.15) is 66.5 Å². The highest BCUT2D eigenvalue weighted by molar-refractivity contribution is 6.00. The molecule has 488 valence electrons. The summed E-state index contributed by atoms with van der Waals surface area (Å²) in [4.78, 5) is 170. The second-order valence-corrected chi connectivity index (χ2v) is 26.1. The van der Waals surface area contributed by atoms with Crippen molar-refractivity contribution >= 4 is 65.0 Å². The van der Waals surface area contributed by atoms with Crippen LogP contribution in [0.25, 0.3) is 0 Å². The van der Waals surface area contributed by atoms with Gasteiger partial charge in [0.25, 0.3) is 0 Å². The molecule has 0 aromatic heterocycles. The molecule has 23 nitrogen and oxygen atoms in total. The number of carbonyl (C=O) groups is 11. The molecule has 0 saturated carbocycles. The van der Waals surface area contributed by atoms with E-state index in [1.54, 1.807) is 41.5 Å². The van der Waals surface area contributed by atoms with Crippen LogP contribution in [0.1, 0.15) is 163 Å². The van der Waals surface area contributed by atoms with Crippen LogP contribution in [0.2, 0.25) is 0 Å². The van der Waals surface area contributed by atoms with E-state index < -0.39 is 149 Å². The molecule has 0 aliphatic carbocycles. The number of carbonyl (C=O) groups excluding carboxylic acids is 11. The number of nitrogens with one attached hydrogen (secondary N) is 4. The number of nitriles is 1. The first-order valence-corrected chi connectivity index (χ1v) is 30.8. The van der Waals surface area contributed by atoms with E-state index in [1.165, 1.54) is 94.6 Å². The number of likely N-dealkylation sites (N-methyl/N-ethyl adjacent to an activating group) is 7. The molecule has 0 radical (unpaired) electrons. The molecular formula is C63H110N12O11. The Morgan fingerprint density at radius 1 is 0.453 bits per heavy atom. The Morgan fingerprint density at radius 3 is 1.35 bits per heavy atom. The summed E-state index contributed by atoms with van der Waals surface area (Å²) in [6.45, 7) is 29.6. The van der Waals surface area contributed by atoms with Crippen LogP contribution in [-0.2, 0) is 52.7 Å². The third-order valence-electron chi connectivity index (χ3n) is 16.6. The Balaban J connectivity index is 4.36. The van der Waals surface area contributed by atoms with Gasteiger partial charge in [-0.2, -0.15) is 5.26 Å². The molecule has 11 amide bonds. The van der Waals surface area contributed by atoms with E-state index in [4.69, 9.17) is 0 Å². The second-order valence-electron chi connectivity index (χ2n) is 26.1. The largest absolute Gasteiger partial charge is 0.343 e. The maximum Gasteiger partial charge on any atom is 0.246 e. The summed E-state index contributed by atoms with van der Waals surface area (Å²) in [6, 6.07) is -11.2. The molecule has 13 atom stereocenters. The summed E-state index contributed by atoms with van der Waals surface area (Å²) in [5, 5.41) is 20.9. The molecule has 0 bridgehead atoms. The van der Waals surface area contributed by atoms with Crippen LogP contribution >= 0.6 is 0 Å². The normalized spacial score (nSPS) is 27.4. The number of allylic oxidation sites excluding steroid dienone is 2. The fourth-order valence-corrected chi connectivity index (χ4v) is 11.0. The molecule has 2 unspecified atom stereocenters. The summed E-state index contributed by atoms with van der Waals surface area (Å²) in [7, 11) is 10.1. The molecule has 86 heavy (non-hydrogen) atoms. The van der Waals surface area contributed by atoms with Crippen molar-refractivity contribution in [2.75, 3.05) is 49.3 Å². The Hall–Kier alpha value is -6.60. The van der Waals surface area contributed by atoms with Crippen LogP contribution in [0.5, 0.6) is 0 Å². The standard InChI is InChI=1S/C63H110N12O11/c1-25-27-28-40(13)34-47-55(78)67-45(26-2)59(82)69(18)44(17)58(81)75(24)52(41(14)29-30-64)56(79)68-50(38(9)10)62(85)70(19)46(31-35(3)4)54(77)65-42(15)53(76)66-43(16)57(80)72(21)48(32-36(5)6)60(83)73(22)49(33-37(7)8)61(84)74(23)51(39(11)12)63(86)71(47)20/h25,27,35-52H,26,28-29,31-34H2,1-24H3,(H,65,77)(H,66,76)(H,67,78)(H,68,79)/b27-25+/t40-,41-,42+,43-,44-,45+,46+,47+,48+,49+,50?,51?,52+/m1/s1. The maximum atomic E-state index is 15.1. The van der Waals surface area contributed by atoms with Crippen LogP contribution in [0.4, 0.5) is 0 Å². The molecule has 23 heteroatoms. The summed E-state index contributed by atoms with van der Waals surface area (Å²) < 4.78 is 0. The predicted molar refractivity (Wildman–Crippen MR) is 332 cm³/mol. The van der Waals surface area contributed by atoms with Crippen molar-refractivity contribution in [2.45, 2.75) is 229 Å². The van der Waals surface area contributed by atoms with Crippen LogP contribution in [0.3, 0.4) is 0 Å². The van der Waals surface area contributed by atoms with E-state index in [9.17, 15) is 48.4 Å². The van der Waals surface area contributed by atoms with Gasteiger partial charge in [0.05, 0.1) is 6.07 Å². The fourth-order valence-electron chi connectivity index (χ4n) is 11.0. The highest BCUT2D eigenvalue weighted by atomic mass is 16.2. The van der Waals surface area contributed by atoms with E-state index in [-0.39, 0.29) is 62.2 Å². The number of hydrogen-bond donors (Lipinski definition) is 4. The minimum Gasteiger partial charge on any atom is -0.343 e. The van der Waals surface area contributed by atoms with Gasteiger partial charge in [-0.15, -0.1) is 0 Å². The Labute approximate surface area is 514 Å². The predicted octanol–water partition coefficient (Wildman–Crippen LogP) is 4.19. The minimum atomic E-state index is -1.35. The average molecular weight is 1210 g/mol. The van der Waals surface area contributed by atoms with Gasteiger partial charge in [-0.1, -0.05) is 102 Å². The lowest BCUT2D eigenvalue weighted by Gasteiger charge is -2.41. The molecule has 1 aliphatic heterocycles. The zero-order valence-corrected chi connectivity index (χ0v) is 56.6. The van der Waals surface area contributed by atoms with Gasteiger partial charge in [-0.25, -0.2) is 0 Å².